The first kappa shape index (κ1) is 11.9. The number of amides is 1. The molecule has 2 rings (SSSR count). The molecular formula is C10H18N2O3S. The van der Waals surface area contributed by atoms with Crippen LogP contribution >= 0.6 is 0 Å². The Morgan fingerprint density at radius 1 is 1.31 bits per heavy atom. The van der Waals surface area contributed by atoms with Crippen LogP contribution in [0.5, 0.6) is 0 Å². The normalized spacial score (nSPS) is 26.8. The number of likely N-dealkylation sites (tertiary alicyclic amines) is 1. The van der Waals surface area contributed by atoms with Crippen molar-refractivity contribution >= 4 is 15.9 Å². The highest BCUT2D eigenvalue weighted by Crippen LogP contribution is 2.31. The Balaban J connectivity index is 1.90. The predicted molar refractivity (Wildman–Crippen MR) is 60.3 cm³/mol. The van der Waals surface area contributed by atoms with Gasteiger partial charge >= 0.3 is 0 Å². The molecular weight excluding hydrogens is 228 g/mol. The summed E-state index contributed by atoms with van der Waals surface area (Å²) in [7, 11) is -3.17. The summed E-state index contributed by atoms with van der Waals surface area (Å²) in [6.07, 6.45) is 4.86. The lowest BCUT2D eigenvalue weighted by molar-refractivity contribution is -0.133. The molecule has 0 aromatic rings. The van der Waals surface area contributed by atoms with Gasteiger partial charge in [0.1, 0.15) is 0 Å². The van der Waals surface area contributed by atoms with Crippen molar-refractivity contribution in [3.63, 3.8) is 0 Å². The molecule has 0 spiro atoms. The molecule has 6 heteroatoms. The van der Waals surface area contributed by atoms with Crippen molar-refractivity contribution in [2.24, 2.45) is 5.92 Å². The molecule has 0 aromatic heterocycles. The molecule has 1 unspecified atom stereocenters. The van der Waals surface area contributed by atoms with Crippen LogP contribution in [-0.2, 0) is 14.8 Å². The number of hydrogen-bond acceptors (Lipinski definition) is 3. The molecule has 1 N–H and O–H groups in total. The van der Waals surface area contributed by atoms with Crippen molar-refractivity contribution in [2.75, 3.05) is 19.3 Å². The van der Waals surface area contributed by atoms with Crippen LogP contribution in [0.3, 0.4) is 0 Å². The minimum Gasteiger partial charge on any atom is -0.341 e. The van der Waals surface area contributed by atoms with E-state index in [4.69, 9.17) is 0 Å². The van der Waals surface area contributed by atoms with Gasteiger partial charge in [0.2, 0.25) is 15.9 Å². The predicted octanol–water partition coefficient (Wildman–Crippen LogP) is -0.0634. The maximum Gasteiger partial charge on any atom is 0.225 e. The number of nitrogens with zero attached hydrogens (tertiary/aromatic N) is 1. The maximum absolute atomic E-state index is 11.8. The lowest BCUT2D eigenvalue weighted by Crippen LogP contribution is -2.49. The molecule has 1 heterocycles. The number of hydrogen-bond donors (Lipinski definition) is 1. The number of carbonyl (C=O) groups excluding carboxylic acids is 1. The highest BCUT2D eigenvalue weighted by Gasteiger charge is 2.35. The standard InChI is InChI=1S/C10H18N2O3S/c1-16(14,15)11-9-3-2-6-12(7-9)10(13)8-4-5-8/h8-9,11H,2-7H2,1H3. The molecule has 1 aliphatic heterocycles. The summed E-state index contributed by atoms with van der Waals surface area (Å²) in [6.45, 7) is 1.31. The smallest absolute Gasteiger partial charge is 0.225 e. The summed E-state index contributed by atoms with van der Waals surface area (Å²) >= 11 is 0. The fraction of sp³-hybridized carbons (Fsp3) is 0.900. The van der Waals surface area contributed by atoms with E-state index in [0.717, 1.165) is 38.5 Å². The zero-order chi connectivity index (χ0) is 11.8. The van der Waals surface area contributed by atoms with Gasteiger partial charge in [0.15, 0.2) is 0 Å². The Hall–Kier alpha value is -0.620. The molecule has 0 bridgehead atoms. The number of nitrogens with one attached hydrogen (secondary N) is 1. The topological polar surface area (TPSA) is 66.5 Å². The molecule has 1 atom stereocenters. The largest absolute Gasteiger partial charge is 0.341 e. The first-order chi connectivity index (χ1) is 7.46. The van der Waals surface area contributed by atoms with Crippen LogP contribution in [-0.4, -0.2) is 44.6 Å². The second-order valence-corrected chi connectivity index (χ2v) is 6.57. The van der Waals surface area contributed by atoms with E-state index in [1.807, 2.05) is 4.90 Å². The average Bonchev–Trinajstić information content (AvgIpc) is 2.97. The summed E-state index contributed by atoms with van der Waals surface area (Å²) in [5.74, 6) is 0.428. The second kappa shape index (κ2) is 4.33. The molecule has 92 valence electrons. The third kappa shape index (κ3) is 3.18. The van der Waals surface area contributed by atoms with E-state index in [-0.39, 0.29) is 17.9 Å². The van der Waals surface area contributed by atoms with Crippen molar-refractivity contribution in [3.8, 4) is 0 Å². The van der Waals surface area contributed by atoms with Gasteiger partial charge in [-0.2, -0.15) is 0 Å². The van der Waals surface area contributed by atoms with E-state index in [1.54, 1.807) is 0 Å². The highest BCUT2D eigenvalue weighted by molar-refractivity contribution is 7.88. The Bertz CT molecular complexity index is 376. The number of rotatable bonds is 3. The molecule has 0 aromatic carbocycles. The summed E-state index contributed by atoms with van der Waals surface area (Å²) in [4.78, 5) is 13.6. The van der Waals surface area contributed by atoms with Gasteiger partial charge in [-0.15, -0.1) is 0 Å². The summed E-state index contributed by atoms with van der Waals surface area (Å²) in [5, 5.41) is 0. The Labute approximate surface area is 96.2 Å². The monoisotopic (exact) mass is 246 g/mol. The Morgan fingerprint density at radius 2 is 2.00 bits per heavy atom. The average molecular weight is 246 g/mol. The van der Waals surface area contributed by atoms with E-state index >= 15 is 0 Å². The first-order valence-electron chi connectivity index (χ1n) is 5.72. The van der Waals surface area contributed by atoms with E-state index in [2.05, 4.69) is 4.72 Å². The van der Waals surface area contributed by atoms with Crippen LogP contribution in [0.15, 0.2) is 0 Å². The van der Waals surface area contributed by atoms with E-state index in [1.165, 1.54) is 0 Å². The van der Waals surface area contributed by atoms with Crippen molar-refractivity contribution < 1.29 is 13.2 Å². The van der Waals surface area contributed by atoms with E-state index in [9.17, 15) is 13.2 Å². The van der Waals surface area contributed by atoms with Crippen LogP contribution in [0.2, 0.25) is 0 Å². The van der Waals surface area contributed by atoms with Crippen LogP contribution in [0.1, 0.15) is 25.7 Å². The number of carbonyl (C=O) groups is 1. The van der Waals surface area contributed by atoms with Gasteiger partial charge in [0.25, 0.3) is 0 Å². The Morgan fingerprint density at radius 3 is 2.56 bits per heavy atom. The van der Waals surface area contributed by atoms with Crippen molar-refractivity contribution in [1.29, 1.82) is 0 Å². The number of piperidine rings is 1. The second-order valence-electron chi connectivity index (χ2n) is 4.79. The van der Waals surface area contributed by atoms with E-state index < -0.39 is 10.0 Å². The Kier molecular flexibility index (Phi) is 3.21. The van der Waals surface area contributed by atoms with Gasteiger partial charge in [-0.1, -0.05) is 0 Å². The molecule has 5 nitrogen and oxygen atoms in total. The van der Waals surface area contributed by atoms with Crippen LogP contribution in [0.25, 0.3) is 0 Å². The molecule has 1 saturated carbocycles. The van der Waals surface area contributed by atoms with Gasteiger partial charge in [-0.05, 0) is 25.7 Å². The van der Waals surface area contributed by atoms with Gasteiger partial charge in [0, 0.05) is 25.0 Å². The minimum absolute atomic E-state index is 0.105. The maximum atomic E-state index is 11.8. The SMILES string of the molecule is CS(=O)(=O)NC1CCCN(C(=O)C2CC2)C1. The summed E-state index contributed by atoms with van der Waals surface area (Å²) < 4.78 is 24.8. The highest BCUT2D eigenvalue weighted by atomic mass is 32.2. The molecule has 0 radical (unpaired) electrons. The van der Waals surface area contributed by atoms with Gasteiger partial charge in [0.05, 0.1) is 6.26 Å². The zero-order valence-electron chi connectivity index (χ0n) is 9.48. The third-order valence-electron chi connectivity index (χ3n) is 3.04. The van der Waals surface area contributed by atoms with E-state index in [0.29, 0.717) is 6.54 Å². The van der Waals surface area contributed by atoms with Gasteiger partial charge < -0.3 is 4.90 Å². The quantitative estimate of drug-likeness (QED) is 0.758. The van der Waals surface area contributed by atoms with Gasteiger partial charge in [-0.25, -0.2) is 13.1 Å². The van der Waals surface area contributed by atoms with Crippen molar-refractivity contribution in [3.05, 3.63) is 0 Å². The van der Waals surface area contributed by atoms with Crippen LogP contribution < -0.4 is 4.72 Å². The molecule has 2 aliphatic rings. The van der Waals surface area contributed by atoms with Gasteiger partial charge in [-0.3, -0.25) is 4.79 Å². The molecule has 1 amide bonds. The fourth-order valence-corrected chi connectivity index (χ4v) is 2.96. The summed E-state index contributed by atoms with van der Waals surface area (Å²) in [6, 6.07) is -0.105. The molecule has 2 fully saturated rings. The molecule has 16 heavy (non-hydrogen) atoms. The van der Waals surface area contributed by atoms with Crippen LogP contribution in [0, 0.1) is 5.92 Å². The minimum atomic E-state index is -3.17. The first-order valence-corrected chi connectivity index (χ1v) is 7.61. The third-order valence-corrected chi connectivity index (χ3v) is 3.80. The van der Waals surface area contributed by atoms with Crippen molar-refractivity contribution in [2.45, 2.75) is 31.7 Å². The van der Waals surface area contributed by atoms with Crippen molar-refractivity contribution in [1.82, 2.24) is 9.62 Å². The summed E-state index contributed by atoms with van der Waals surface area (Å²) in [5.41, 5.74) is 0. The lowest BCUT2D eigenvalue weighted by Gasteiger charge is -2.32. The molecule has 1 saturated heterocycles. The number of sulfonamides is 1. The lowest BCUT2D eigenvalue weighted by atomic mass is 10.1. The fourth-order valence-electron chi connectivity index (χ4n) is 2.16. The molecule has 1 aliphatic carbocycles. The zero-order valence-corrected chi connectivity index (χ0v) is 10.3. The van der Waals surface area contributed by atoms with Crippen LogP contribution in [0.4, 0.5) is 0 Å².